The summed E-state index contributed by atoms with van der Waals surface area (Å²) in [6, 6.07) is 15.3. The maximum Gasteiger partial charge on any atom is 0.176 e. The fourth-order valence-corrected chi connectivity index (χ4v) is 1.78. The SMILES string of the molecule is Cc1ccc(C(=O)CN)cc1OCc1ccccc1. The van der Waals surface area contributed by atoms with Gasteiger partial charge in [0.1, 0.15) is 12.4 Å². The van der Waals surface area contributed by atoms with Gasteiger partial charge in [-0.05, 0) is 24.1 Å². The first-order valence-electron chi connectivity index (χ1n) is 6.21. The first-order valence-corrected chi connectivity index (χ1v) is 6.21. The van der Waals surface area contributed by atoms with Crippen molar-refractivity contribution in [2.45, 2.75) is 13.5 Å². The van der Waals surface area contributed by atoms with Gasteiger partial charge in [-0.15, -0.1) is 0 Å². The lowest BCUT2D eigenvalue weighted by atomic mass is 10.1. The summed E-state index contributed by atoms with van der Waals surface area (Å²) in [5.41, 5.74) is 8.06. The van der Waals surface area contributed by atoms with Crippen LogP contribution < -0.4 is 10.5 Å². The van der Waals surface area contributed by atoms with Gasteiger partial charge in [-0.1, -0.05) is 42.5 Å². The number of carbonyl (C=O) groups is 1. The van der Waals surface area contributed by atoms with Crippen molar-refractivity contribution in [2.75, 3.05) is 6.54 Å². The summed E-state index contributed by atoms with van der Waals surface area (Å²) in [4.78, 5) is 11.6. The summed E-state index contributed by atoms with van der Waals surface area (Å²) >= 11 is 0. The average Bonchev–Trinajstić information content (AvgIpc) is 2.46. The second kappa shape index (κ2) is 6.16. The number of hydrogen-bond acceptors (Lipinski definition) is 3. The zero-order valence-corrected chi connectivity index (χ0v) is 10.9. The molecule has 2 rings (SSSR count). The highest BCUT2D eigenvalue weighted by Gasteiger charge is 2.07. The summed E-state index contributed by atoms with van der Waals surface area (Å²) in [7, 11) is 0. The molecule has 0 aliphatic carbocycles. The number of ketones is 1. The van der Waals surface area contributed by atoms with E-state index >= 15 is 0 Å². The lowest BCUT2D eigenvalue weighted by Gasteiger charge is -2.10. The molecule has 2 N–H and O–H groups in total. The van der Waals surface area contributed by atoms with E-state index in [2.05, 4.69) is 0 Å². The fourth-order valence-electron chi connectivity index (χ4n) is 1.78. The molecule has 3 nitrogen and oxygen atoms in total. The Morgan fingerprint density at radius 1 is 1.16 bits per heavy atom. The summed E-state index contributed by atoms with van der Waals surface area (Å²) in [5, 5.41) is 0. The third kappa shape index (κ3) is 3.42. The van der Waals surface area contributed by atoms with Gasteiger partial charge < -0.3 is 10.5 Å². The number of carbonyl (C=O) groups excluding carboxylic acids is 1. The minimum Gasteiger partial charge on any atom is -0.489 e. The van der Waals surface area contributed by atoms with E-state index in [-0.39, 0.29) is 12.3 Å². The van der Waals surface area contributed by atoms with Crippen LogP contribution in [-0.2, 0) is 6.61 Å². The van der Waals surface area contributed by atoms with Crippen LogP contribution in [0.4, 0.5) is 0 Å². The van der Waals surface area contributed by atoms with Crippen LogP contribution in [0.2, 0.25) is 0 Å². The molecule has 0 saturated heterocycles. The monoisotopic (exact) mass is 255 g/mol. The molecule has 0 heterocycles. The molecule has 0 radical (unpaired) electrons. The number of nitrogens with two attached hydrogens (primary N) is 1. The first-order chi connectivity index (χ1) is 9.20. The molecule has 0 spiro atoms. The molecule has 0 atom stereocenters. The predicted octanol–water partition coefficient (Wildman–Crippen LogP) is 2.72. The van der Waals surface area contributed by atoms with Gasteiger partial charge in [0.05, 0.1) is 6.54 Å². The molecule has 0 aliphatic rings. The van der Waals surface area contributed by atoms with Crippen molar-refractivity contribution >= 4 is 5.78 Å². The fraction of sp³-hybridized carbons (Fsp3) is 0.188. The number of aryl methyl sites for hydroxylation is 1. The highest BCUT2D eigenvalue weighted by Crippen LogP contribution is 2.21. The molecule has 19 heavy (non-hydrogen) atoms. The van der Waals surface area contributed by atoms with Crippen LogP contribution in [0.5, 0.6) is 5.75 Å². The molecule has 0 unspecified atom stereocenters. The maximum atomic E-state index is 11.6. The highest BCUT2D eigenvalue weighted by molar-refractivity contribution is 5.97. The Morgan fingerprint density at radius 2 is 1.89 bits per heavy atom. The molecule has 0 saturated carbocycles. The van der Waals surface area contributed by atoms with Gasteiger partial charge in [0, 0.05) is 5.56 Å². The van der Waals surface area contributed by atoms with Gasteiger partial charge in [-0.2, -0.15) is 0 Å². The van der Waals surface area contributed by atoms with E-state index in [9.17, 15) is 4.79 Å². The Hall–Kier alpha value is -2.13. The molecule has 0 aliphatic heterocycles. The Labute approximate surface area is 113 Å². The summed E-state index contributed by atoms with van der Waals surface area (Å²) < 4.78 is 5.77. The zero-order chi connectivity index (χ0) is 13.7. The molecule has 3 heteroatoms. The molecular weight excluding hydrogens is 238 g/mol. The highest BCUT2D eigenvalue weighted by atomic mass is 16.5. The molecule has 98 valence electrons. The standard InChI is InChI=1S/C16H17NO2/c1-12-7-8-14(15(18)10-17)9-16(12)19-11-13-5-3-2-4-6-13/h2-9H,10-11,17H2,1H3. The second-order valence-electron chi connectivity index (χ2n) is 4.38. The summed E-state index contributed by atoms with van der Waals surface area (Å²) in [6.07, 6.45) is 0. The van der Waals surface area contributed by atoms with Gasteiger partial charge in [0.25, 0.3) is 0 Å². The summed E-state index contributed by atoms with van der Waals surface area (Å²) in [6.45, 7) is 2.46. The van der Waals surface area contributed by atoms with Crippen molar-refractivity contribution in [1.29, 1.82) is 0 Å². The van der Waals surface area contributed by atoms with Gasteiger partial charge in [0.15, 0.2) is 5.78 Å². The van der Waals surface area contributed by atoms with E-state index in [1.165, 1.54) is 0 Å². The smallest absolute Gasteiger partial charge is 0.176 e. The summed E-state index contributed by atoms with van der Waals surface area (Å²) in [5.74, 6) is 0.646. The van der Waals surface area contributed by atoms with Gasteiger partial charge >= 0.3 is 0 Å². The van der Waals surface area contributed by atoms with Crippen LogP contribution in [0.15, 0.2) is 48.5 Å². The van der Waals surface area contributed by atoms with Crippen molar-refractivity contribution in [3.05, 3.63) is 65.2 Å². The number of hydrogen-bond donors (Lipinski definition) is 1. The number of rotatable bonds is 5. The molecule has 0 bridgehead atoms. The third-order valence-corrected chi connectivity index (χ3v) is 2.93. The maximum absolute atomic E-state index is 11.6. The molecular formula is C16H17NO2. The zero-order valence-electron chi connectivity index (χ0n) is 10.9. The third-order valence-electron chi connectivity index (χ3n) is 2.93. The lowest BCUT2D eigenvalue weighted by molar-refractivity contribution is 0.100. The topological polar surface area (TPSA) is 52.3 Å². The van der Waals surface area contributed by atoms with E-state index in [1.54, 1.807) is 12.1 Å². The van der Waals surface area contributed by atoms with Crippen LogP contribution in [0.1, 0.15) is 21.5 Å². The van der Waals surface area contributed by atoms with Crippen LogP contribution in [-0.4, -0.2) is 12.3 Å². The van der Waals surface area contributed by atoms with Gasteiger partial charge in [0.2, 0.25) is 0 Å². The van der Waals surface area contributed by atoms with Crippen molar-refractivity contribution in [3.8, 4) is 5.75 Å². The van der Waals surface area contributed by atoms with Crippen molar-refractivity contribution in [1.82, 2.24) is 0 Å². The largest absolute Gasteiger partial charge is 0.489 e. The molecule has 2 aromatic rings. The van der Waals surface area contributed by atoms with Crippen LogP contribution in [0.3, 0.4) is 0 Å². The van der Waals surface area contributed by atoms with E-state index in [1.807, 2.05) is 43.3 Å². The molecule has 0 fully saturated rings. The molecule has 2 aromatic carbocycles. The normalized spacial score (nSPS) is 10.2. The van der Waals surface area contributed by atoms with Crippen molar-refractivity contribution in [3.63, 3.8) is 0 Å². The van der Waals surface area contributed by atoms with Crippen LogP contribution >= 0.6 is 0 Å². The quantitative estimate of drug-likeness (QED) is 0.836. The average molecular weight is 255 g/mol. The lowest BCUT2D eigenvalue weighted by Crippen LogP contribution is -2.13. The predicted molar refractivity (Wildman–Crippen MR) is 75.3 cm³/mol. The Kier molecular flexibility index (Phi) is 4.31. The number of Topliss-reactive ketones (excluding diaryl/α,β-unsaturated/α-hetero) is 1. The molecule has 0 aromatic heterocycles. The van der Waals surface area contributed by atoms with Gasteiger partial charge in [-0.25, -0.2) is 0 Å². The number of ether oxygens (including phenoxy) is 1. The van der Waals surface area contributed by atoms with E-state index < -0.39 is 0 Å². The van der Waals surface area contributed by atoms with Crippen LogP contribution in [0.25, 0.3) is 0 Å². The Morgan fingerprint density at radius 3 is 2.58 bits per heavy atom. The van der Waals surface area contributed by atoms with E-state index in [0.29, 0.717) is 12.2 Å². The number of benzene rings is 2. The van der Waals surface area contributed by atoms with E-state index in [0.717, 1.165) is 16.9 Å². The Bertz CT molecular complexity index is 564. The van der Waals surface area contributed by atoms with Gasteiger partial charge in [-0.3, -0.25) is 4.79 Å². The molecule has 0 amide bonds. The van der Waals surface area contributed by atoms with Crippen LogP contribution in [0, 0.1) is 6.92 Å². The minimum absolute atomic E-state index is 0.0151. The Balaban J connectivity index is 2.13. The van der Waals surface area contributed by atoms with E-state index in [4.69, 9.17) is 10.5 Å². The second-order valence-corrected chi connectivity index (χ2v) is 4.38. The first kappa shape index (κ1) is 13.3. The van der Waals surface area contributed by atoms with Crippen molar-refractivity contribution < 1.29 is 9.53 Å². The van der Waals surface area contributed by atoms with Crippen molar-refractivity contribution in [2.24, 2.45) is 5.73 Å². The minimum atomic E-state index is -0.0791.